The Bertz CT molecular complexity index is 582. The molecule has 0 saturated heterocycles. The van der Waals surface area contributed by atoms with E-state index in [1.807, 2.05) is 4.72 Å². The summed E-state index contributed by atoms with van der Waals surface area (Å²) in [6.07, 6.45) is 0. The van der Waals surface area contributed by atoms with Gasteiger partial charge in [0, 0.05) is 0 Å². The van der Waals surface area contributed by atoms with Gasteiger partial charge in [-0.2, -0.15) is 0 Å². The number of hydrogen-bond donors (Lipinski definition) is 4. The number of rotatable bonds is 0. The number of benzene rings is 1. The van der Waals surface area contributed by atoms with Gasteiger partial charge in [0.2, 0.25) is 0 Å². The van der Waals surface area contributed by atoms with E-state index >= 15 is 0 Å². The van der Waals surface area contributed by atoms with Gasteiger partial charge in [-0.3, -0.25) is 4.79 Å². The lowest BCUT2D eigenvalue weighted by Crippen LogP contribution is -2.20. The highest BCUT2D eigenvalue weighted by molar-refractivity contribution is 7.90. The van der Waals surface area contributed by atoms with E-state index in [2.05, 4.69) is 0 Å². The Morgan fingerprint density at radius 2 is 1.59 bits per heavy atom. The standard InChI is InChI=1S/C7H5NO3S.H3O4P/c9-7-5-3-1-2-4-6(5)12(10,11)8-7;1-5(2,3)4/h1-4H,(H,8,9);(H3,1,2,3,4). The highest BCUT2D eigenvalue weighted by atomic mass is 32.2. The molecule has 0 bridgehead atoms. The Kier molecular flexibility index (Phi) is 3.70. The number of carbonyl (C=O) groups excluding carboxylic acids is 1. The number of hydrogen-bond acceptors (Lipinski definition) is 4. The van der Waals surface area contributed by atoms with E-state index in [0.717, 1.165) is 0 Å². The van der Waals surface area contributed by atoms with Gasteiger partial charge in [0.05, 0.1) is 5.56 Å². The van der Waals surface area contributed by atoms with Crippen LogP contribution >= 0.6 is 7.82 Å². The fraction of sp³-hybridized carbons (Fsp3) is 0. The van der Waals surface area contributed by atoms with Crippen molar-refractivity contribution in [2.24, 2.45) is 0 Å². The lowest BCUT2D eigenvalue weighted by Gasteiger charge is -1.91. The summed E-state index contributed by atoms with van der Waals surface area (Å²) in [5.74, 6) is -0.550. The second-order valence-corrected chi connectivity index (χ2v) is 5.62. The molecule has 0 fully saturated rings. The summed E-state index contributed by atoms with van der Waals surface area (Å²) in [5.41, 5.74) is 0.220. The summed E-state index contributed by atoms with van der Waals surface area (Å²) >= 11 is 0. The average Bonchev–Trinajstić information content (AvgIpc) is 2.36. The van der Waals surface area contributed by atoms with E-state index in [9.17, 15) is 13.2 Å². The van der Waals surface area contributed by atoms with Crippen LogP contribution in [0.15, 0.2) is 29.2 Å². The van der Waals surface area contributed by atoms with Gasteiger partial charge in [0.15, 0.2) is 0 Å². The summed E-state index contributed by atoms with van der Waals surface area (Å²) in [6.45, 7) is 0. The van der Waals surface area contributed by atoms with Crippen molar-refractivity contribution in [2.45, 2.75) is 4.90 Å². The van der Waals surface area contributed by atoms with Crippen LogP contribution in [0.2, 0.25) is 0 Å². The number of nitrogens with one attached hydrogen (secondary N) is 1. The summed E-state index contributed by atoms with van der Waals surface area (Å²) in [4.78, 5) is 32.6. The maximum Gasteiger partial charge on any atom is 0.466 e. The van der Waals surface area contributed by atoms with Crippen molar-refractivity contribution in [1.82, 2.24) is 4.72 Å². The van der Waals surface area contributed by atoms with Crippen LogP contribution in [0.1, 0.15) is 10.4 Å². The number of carbonyl (C=O) groups is 1. The Morgan fingerprint density at radius 1 is 1.12 bits per heavy atom. The van der Waals surface area contributed by atoms with Crippen LogP contribution in [-0.4, -0.2) is 29.0 Å². The third-order valence-corrected chi connectivity index (χ3v) is 3.04. The zero-order chi connectivity index (χ0) is 13.3. The van der Waals surface area contributed by atoms with Gasteiger partial charge < -0.3 is 14.7 Å². The Balaban J connectivity index is 0.000000249. The zero-order valence-corrected chi connectivity index (χ0v) is 9.85. The van der Waals surface area contributed by atoms with Crippen LogP contribution in [0.5, 0.6) is 0 Å². The molecule has 0 spiro atoms. The second-order valence-electron chi connectivity index (χ2n) is 2.94. The molecular formula is C7H8NO7PS. The van der Waals surface area contributed by atoms with Crippen LogP contribution in [0.4, 0.5) is 0 Å². The van der Waals surface area contributed by atoms with E-state index in [1.165, 1.54) is 12.1 Å². The first-order valence-corrected chi connectivity index (χ1v) is 7.10. The molecule has 8 nitrogen and oxygen atoms in total. The summed E-state index contributed by atoms with van der Waals surface area (Å²) in [7, 11) is -8.19. The molecule has 1 amide bonds. The second kappa shape index (κ2) is 4.55. The first kappa shape index (κ1) is 13.8. The minimum absolute atomic E-state index is 0.0648. The molecule has 10 heteroatoms. The minimum Gasteiger partial charge on any atom is -0.303 e. The minimum atomic E-state index is -4.64. The van der Waals surface area contributed by atoms with Crippen LogP contribution in [0.3, 0.4) is 0 Å². The van der Waals surface area contributed by atoms with Gasteiger partial charge in [-0.1, -0.05) is 12.1 Å². The highest BCUT2D eigenvalue weighted by Crippen LogP contribution is 2.25. The summed E-state index contributed by atoms with van der Waals surface area (Å²) in [6, 6.07) is 6.09. The van der Waals surface area contributed by atoms with Crippen molar-refractivity contribution in [3.05, 3.63) is 29.8 Å². The van der Waals surface area contributed by atoms with E-state index in [-0.39, 0.29) is 10.5 Å². The summed E-state index contributed by atoms with van der Waals surface area (Å²) < 4.78 is 33.0. The van der Waals surface area contributed by atoms with Crippen molar-refractivity contribution in [1.29, 1.82) is 0 Å². The molecule has 0 aromatic heterocycles. The number of phosphoric acid groups is 1. The zero-order valence-electron chi connectivity index (χ0n) is 8.14. The Hall–Kier alpha value is -1.25. The molecule has 0 atom stereocenters. The van der Waals surface area contributed by atoms with Gasteiger partial charge in [0.1, 0.15) is 4.90 Å². The maximum atomic E-state index is 11.1. The molecule has 0 saturated carbocycles. The van der Waals surface area contributed by atoms with E-state index in [4.69, 9.17) is 19.2 Å². The largest absolute Gasteiger partial charge is 0.466 e. The molecule has 4 N–H and O–H groups in total. The monoisotopic (exact) mass is 281 g/mol. The van der Waals surface area contributed by atoms with Crippen LogP contribution in [-0.2, 0) is 14.6 Å². The fourth-order valence-electron chi connectivity index (χ4n) is 1.12. The molecular weight excluding hydrogens is 273 g/mol. The van der Waals surface area contributed by atoms with Gasteiger partial charge in [-0.05, 0) is 12.1 Å². The van der Waals surface area contributed by atoms with Gasteiger partial charge >= 0.3 is 7.82 Å². The third-order valence-electron chi connectivity index (χ3n) is 1.65. The summed E-state index contributed by atoms with van der Waals surface area (Å²) in [5, 5.41) is 0. The predicted molar refractivity (Wildman–Crippen MR) is 55.4 cm³/mol. The number of amides is 1. The lowest BCUT2D eigenvalue weighted by atomic mass is 10.2. The lowest BCUT2D eigenvalue weighted by molar-refractivity contribution is 0.0985. The molecule has 1 aromatic carbocycles. The molecule has 94 valence electrons. The smallest absolute Gasteiger partial charge is 0.303 e. The van der Waals surface area contributed by atoms with E-state index < -0.39 is 23.8 Å². The van der Waals surface area contributed by atoms with Gasteiger partial charge in [-0.25, -0.2) is 17.7 Å². The van der Waals surface area contributed by atoms with Gasteiger partial charge in [-0.15, -0.1) is 0 Å². The van der Waals surface area contributed by atoms with Crippen molar-refractivity contribution in [2.75, 3.05) is 0 Å². The van der Waals surface area contributed by atoms with E-state index in [1.54, 1.807) is 12.1 Å². The van der Waals surface area contributed by atoms with Crippen molar-refractivity contribution < 1.29 is 32.5 Å². The maximum absolute atomic E-state index is 11.1. The predicted octanol–water partition coefficient (Wildman–Crippen LogP) is -0.810. The molecule has 0 aliphatic carbocycles. The Morgan fingerprint density at radius 3 is 2.06 bits per heavy atom. The van der Waals surface area contributed by atoms with Crippen LogP contribution in [0, 0.1) is 0 Å². The normalized spacial score (nSPS) is 16.5. The van der Waals surface area contributed by atoms with Crippen LogP contribution in [0.25, 0.3) is 0 Å². The molecule has 1 aliphatic heterocycles. The highest BCUT2D eigenvalue weighted by Gasteiger charge is 2.31. The van der Waals surface area contributed by atoms with Gasteiger partial charge in [0.25, 0.3) is 15.9 Å². The van der Waals surface area contributed by atoms with E-state index in [0.29, 0.717) is 0 Å². The van der Waals surface area contributed by atoms with Crippen molar-refractivity contribution >= 4 is 23.8 Å². The third kappa shape index (κ3) is 3.91. The molecule has 0 radical (unpaired) electrons. The first-order valence-electron chi connectivity index (χ1n) is 4.06. The number of sulfonamides is 1. The molecule has 1 aromatic rings. The number of fused-ring (bicyclic) bond motifs is 1. The SMILES string of the molecule is O=C1NS(=O)(=O)c2ccccc21.O=P(O)(O)O. The molecule has 0 unspecified atom stereocenters. The van der Waals surface area contributed by atoms with Crippen molar-refractivity contribution in [3.63, 3.8) is 0 Å². The quantitative estimate of drug-likeness (QED) is 0.456. The first-order chi connectivity index (χ1) is 7.61. The topological polar surface area (TPSA) is 141 Å². The molecule has 17 heavy (non-hydrogen) atoms. The average molecular weight is 281 g/mol. The molecule has 1 heterocycles. The molecule has 2 rings (SSSR count). The Labute approximate surface area is 96.2 Å². The van der Waals surface area contributed by atoms with Crippen molar-refractivity contribution in [3.8, 4) is 0 Å². The van der Waals surface area contributed by atoms with Crippen LogP contribution < -0.4 is 4.72 Å². The fourth-order valence-corrected chi connectivity index (χ4v) is 2.29. The molecule has 1 aliphatic rings.